The van der Waals surface area contributed by atoms with Gasteiger partial charge in [-0.25, -0.2) is 24.0 Å². The second kappa shape index (κ2) is 30.1. The molecule has 0 fully saturated rings. The summed E-state index contributed by atoms with van der Waals surface area (Å²) in [6, 6.07) is 17.4. The van der Waals surface area contributed by atoms with Crippen LogP contribution in [0.15, 0.2) is 121 Å². The second-order valence-electron chi connectivity index (χ2n) is 8.10. The maximum absolute atomic E-state index is 9.60. The number of phenolic OH excluding ortho intramolecular Hbond substituents is 2. The number of para-hydroxylation sites is 2. The van der Waals surface area contributed by atoms with Crippen LogP contribution in [0.2, 0.25) is 0 Å². The predicted octanol–water partition coefficient (Wildman–Crippen LogP) is 6.02. The first kappa shape index (κ1) is 47.9. The van der Waals surface area contributed by atoms with Crippen molar-refractivity contribution >= 4 is 29.8 Å². The minimum Gasteiger partial charge on any atom is -0.508 e. The summed E-state index contributed by atoms with van der Waals surface area (Å²) in [6.07, 6.45) is 0. The number of carbonyl (C=O) groups is 5. The zero-order chi connectivity index (χ0) is 36.0. The molecule has 12 heteroatoms. The van der Waals surface area contributed by atoms with Gasteiger partial charge in [-0.2, -0.15) is 0 Å². The molecule has 0 heterocycles. The largest absolute Gasteiger partial charge is 0.508 e. The number of carboxylic acids is 5. The first-order chi connectivity index (χ1) is 20.0. The van der Waals surface area contributed by atoms with Crippen LogP contribution in [0, 0.1) is 0 Å². The molecule has 0 aliphatic carbocycles. The van der Waals surface area contributed by atoms with Crippen molar-refractivity contribution in [2.24, 2.45) is 0 Å². The van der Waals surface area contributed by atoms with Crippen LogP contribution in [0.1, 0.15) is 34.6 Å². The molecule has 0 unspecified atom stereocenters. The number of hydrogen-bond acceptors (Lipinski definition) is 7. The van der Waals surface area contributed by atoms with E-state index in [-0.39, 0.29) is 27.9 Å². The molecule has 0 radical (unpaired) electrons. The third kappa shape index (κ3) is 49.1. The van der Waals surface area contributed by atoms with Crippen LogP contribution in [-0.4, -0.2) is 65.6 Å². The molecule has 0 atom stereocenters. The topological polar surface area (TPSA) is 227 Å². The smallest absolute Gasteiger partial charge is 0.330 e. The van der Waals surface area contributed by atoms with Crippen LogP contribution in [-0.2, 0) is 24.0 Å². The zero-order valence-corrected chi connectivity index (χ0v) is 25.5. The molecule has 0 aliphatic heterocycles. The number of benzene rings is 2. The maximum Gasteiger partial charge on any atom is 0.330 e. The lowest BCUT2D eigenvalue weighted by molar-refractivity contribution is -0.133. The van der Waals surface area contributed by atoms with Crippen molar-refractivity contribution in [1.82, 2.24) is 0 Å². The van der Waals surface area contributed by atoms with Crippen LogP contribution >= 0.6 is 0 Å². The lowest BCUT2D eigenvalue weighted by atomic mass is 10.3. The molecule has 0 saturated heterocycles. The van der Waals surface area contributed by atoms with Gasteiger partial charge in [0.1, 0.15) is 11.5 Å². The molecule has 0 spiro atoms. The van der Waals surface area contributed by atoms with Gasteiger partial charge in [-0.15, -0.1) is 0 Å². The van der Waals surface area contributed by atoms with Gasteiger partial charge in [0, 0.05) is 27.9 Å². The Hall–Kier alpha value is -5.91. The SMILES string of the molecule is C=C(C)C(=O)O.C=C(C)C(=O)O.C=C(C)C(=O)O.C=C(C)C(=O)O.C=C(C)C(=O)O.Oc1ccccc1.Oc1ccccc1. The van der Waals surface area contributed by atoms with Crippen molar-refractivity contribution in [3.63, 3.8) is 0 Å². The van der Waals surface area contributed by atoms with Gasteiger partial charge >= 0.3 is 29.8 Å². The fourth-order valence-electron chi connectivity index (χ4n) is 0.856. The first-order valence-corrected chi connectivity index (χ1v) is 11.9. The molecule has 0 bridgehead atoms. The van der Waals surface area contributed by atoms with E-state index >= 15 is 0 Å². The summed E-state index contributed by atoms with van der Waals surface area (Å²) in [7, 11) is 0. The summed E-state index contributed by atoms with van der Waals surface area (Å²) in [4.78, 5) is 48.0. The molecule has 7 N–H and O–H groups in total. The average molecular weight is 619 g/mol. The first-order valence-electron chi connectivity index (χ1n) is 11.9. The monoisotopic (exact) mass is 618 g/mol. The van der Waals surface area contributed by atoms with Crippen molar-refractivity contribution in [1.29, 1.82) is 0 Å². The highest BCUT2D eigenvalue weighted by Gasteiger charge is 1.92. The summed E-state index contributed by atoms with van der Waals surface area (Å²) in [5, 5.41) is 56.7. The van der Waals surface area contributed by atoms with E-state index in [0.29, 0.717) is 11.5 Å². The van der Waals surface area contributed by atoms with Gasteiger partial charge in [-0.1, -0.05) is 69.3 Å². The third-order valence-corrected chi connectivity index (χ3v) is 3.34. The van der Waals surface area contributed by atoms with E-state index in [1.807, 2.05) is 12.1 Å². The normalized spacial score (nSPS) is 7.84. The summed E-state index contributed by atoms with van der Waals surface area (Å²) in [5.74, 6) is -4.03. The molecular weight excluding hydrogens is 576 g/mol. The van der Waals surface area contributed by atoms with Gasteiger partial charge in [0.15, 0.2) is 0 Å². The fraction of sp³-hybridized carbons (Fsp3) is 0.156. The standard InChI is InChI=1S/2C6H6O.5C4H6O2/c2*7-6-4-2-1-3-5-6;5*1-3(2)4(5)6/h2*1-5,7H;5*1H2,2H3,(H,5,6). The molecule has 242 valence electrons. The molecule has 44 heavy (non-hydrogen) atoms. The zero-order valence-electron chi connectivity index (χ0n) is 25.5. The van der Waals surface area contributed by atoms with Crippen LogP contribution in [0.3, 0.4) is 0 Å². The van der Waals surface area contributed by atoms with E-state index in [2.05, 4.69) is 32.9 Å². The Balaban J connectivity index is -0.000000135. The summed E-state index contributed by atoms with van der Waals surface area (Å²) in [6.45, 7) is 23.0. The molecule has 0 saturated carbocycles. The van der Waals surface area contributed by atoms with Gasteiger partial charge in [-0.05, 0) is 58.9 Å². The van der Waals surface area contributed by atoms with Crippen LogP contribution in [0.5, 0.6) is 11.5 Å². The quantitative estimate of drug-likeness (QED) is 0.191. The lowest BCUT2D eigenvalue weighted by Crippen LogP contribution is -1.92. The molecule has 0 aliphatic rings. The lowest BCUT2D eigenvalue weighted by Gasteiger charge is -1.82. The van der Waals surface area contributed by atoms with Crippen molar-refractivity contribution < 1.29 is 59.7 Å². The highest BCUT2D eigenvalue weighted by Crippen LogP contribution is 2.03. The van der Waals surface area contributed by atoms with Gasteiger partial charge < -0.3 is 35.7 Å². The Morgan fingerprint density at radius 2 is 0.500 bits per heavy atom. The minimum absolute atomic E-state index is 0.176. The highest BCUT2D eigenvalue weighted by molar-refractivity contribution is 5.86. The fourth-order valence-corrected chi connectivity index (χ4v) is 0.856. The number of hydrogen-bond donors (Lipinski definition) is 7. The van der Waals surface area contributed by atoms with E-state index in [1.54, 1.807) is 48.5 Å². The minimum atomic E-state index is -0.935. The Kier molecular flexibility index (Phi) is 32.7. The average Bonchev–Trinajstić information content (AvgIpc) is 2.91. The number of carboxylic acid groups (broad SMARTS) is 5. The third-order valence-electron chi connectivity index (χ3n) is 3.34. The van der Waals surface area contributed by atoms with E-state index in [0.717, 1.165) is 0 Å². The van der Waals surface area contributed by atoms with Gasteiger partial charge in [-0.3, -0.25) is 0 Å². The summed E-state index contributed by atoms with van der Waals surface area (Å²) < 4.78 is 0. The number of phenols is 2. The molecule has 2 aromatic rings. The molecule has 2 rings (SSSR count). The van der Waals surface area contributed by atoms with Crippen molar-refractivity contribution in [3.8, 4) is 11.5 Å². The van der Waals surface area contributed by atoms with Crippen LogP contribution in [0.25, 0.3) is 0 Å². The molecule has 2 aromatic carbocycles. The summed E-state index contributed by atoms with van der Waals surface area (Å²) >= 11 is 0. The predicted molar refractivity (Wildman–Crippen MR) is 168 cm³/mol. The highest BCUT2D eigenvalue weighted by atomic mass is 16.4. The number of aliphatic carboxylic acids is 5. The Labute approximate surface area is 257 Å². The van der Waals surface area contributed by atoms with Gasteiger partial charge in [0.05, 0.1) is 0 Å². The van der Waals surface area contributed by atoms with E-state index < -0.39 is 29.8 Å². The van der Waals surface area contributed by atoms with Gasteiger partial charge in [0.25, 0.3) is 0 Å². The number of aromatic hydroxyl groups is 2. The van der Waals surface area contributed by atoms with E-state index in [9.17, 15) is 24.0 Å². The van der Waals surface area contributed by atoms with Crippen LogP contribution in [0.4, 0.5) is 0 Å². The Morgan fingerprint density at radius 1 is 0.386 bits per heavy atom. The Morgan fingerprint density at radius 3 is 0.545 bits per heavy atom. The van der Waals surface area contributed by atoms with E-state index in [1.165, 1.54) is 34.6 Å². The van der Waals surface area contributed by atoms with E-state index in [4.69, 9.17) is 35.7 Å². The Bertz CT molecular complexity index is 992. The summed E-state index contributed by atoms with van der Waals surface area (Å²) in [5.41, 5.74) is 0.880. The maximum atomic E-state index is 9.60. The molecule has 0 aromatic heterocycles. The van der Waals surface area contributed by atoms with Crippen molar-refractivity contribution in [3.05, 3.63) is 121 Å². The second-order valence-corrected chi connectivity index (χ2v) is 8.10. The van der Waals surface area contributed by atoms with Gasteiger partial charge in [0.2, 0.25) is 0 Å². The van der Waals surface area contributed by atoms with Crippen molar-refractivity contribution in [2.45, 2.75) is 34.6 Å². The molecule has 12 nitrogen and oxygen atoms in total. The molecule has 0 amide bonds. The van der Waals surface area contributed by atoms with Crippen molar-refractivity contribution in [2.75, 3.05) is 0 Å². The molecular formula is C32H42O12. The number of rotatable bonds is 5. The van der Waals surface area contributed by atoms with Crippen LogP contribution < -0.4 is 0 Å².